The van der Waals surface area contributed by atoms with E-state index in [0.717, 1.165) is 24.4 Å². The molecule has 1 aromatic carbocycles. The number of amides is 1. The third-order valence-corrected chi connectivity index (χ3v) is 3.36. The number of likely N-dealkylation sites (tertiary alicyclic amines) is 1. The highest BCUT2D eigenvalue weighted by molar-refractivity contribution is 5.68. The number of carbonyl (C=O) groups excluding carboxylic acids is 1. The summed E-state index contributed by atoms with van der Waals surface area (Å²) in [6.45, 7) is 9.66. The molecule has 5 nitrogen and oxygen atoms in total. The van der Waals surface area contributed by atoms with E-state index in [1.54, 1.807) is 4.90 Å². The van der Waals surface area contributed by atoms with Gasteiger partial charge in [-0.1, -0.05) is 6.07 Å². The van der Waals surface area contributed by atoms with E-state index in [0.29, 0.717) is 13.2 Å². The molecule has 0 aromatic heterocycles. The summed E-state index contributed by atoms with van der Waals surface area (Å²) in [5.41, 5.74) is 0.566. The van der Waals surface area contributed by atoms with Crippen molar-refractivity contribution >= 4 is 11.8 Å². The van der Waals surface area contributed by atoms with Gasteiger partial charge in [-0.25, -0.2) is 4.79 Å². The Hall–Kier alpha value is -1.91. The Balaban J connectivity index is 1.88. The predicted octanol–water partition coefficient (Wildman–Crippen LogP) is 3.51. The van der Waals surface area contributed by atoms with Crippen LogP contribution >= 0.6 is 0 Å². The molecule has 5 heteroatoms. The summed E-state index contributed by atoms with van der Waals surface area (Å²) in [4.78, 5) is 13.8. The number of anilines is 1. The predicted molar refractivity (Wildman–Crippen MR) is 87.4 cm³/mol. The number of benzene rings is 1. The average molecular weight is 306 g/mol. The minimum Gasteiger partial charge on any atom is -0.494 e. The summed E-state index contributed by atoms with van der Waals surface area (Å²) < 4.78 is 10.9. The fraction of sp³-hybridized carbons (Fsp3) is 0.588. The van der Waals surface area contributed by atoms with E-state index >= 15 is 0 Å². The standard InChI is InChI=1S/C17H26N2O3/c1-5-21-15-8-6-7-13(11-15)18-14-9-10-19(12-14)16(20)22-17(2,3)4/h6-8,11,14,18H,5,9-10,12H2,1-4H3. The maximum absolute atomic E-state index is 12.1. The van der Waals surface area contributed by atoms with Crippen LogP contribution in [0.1, 0.15) is 34.1 Å². The SMILES string of the molecule is CCOc1cccc(NC2CCN(C(=O)OC(C)(C)C)C2)c1. The molecular weight excluding hydrogens is 280 g/mol. The molecule has 0 radical (unpaired) electrons. The van der Waals surface area contributed by atoms with Gasteiger partial charge < -0.3 is 19.7 Å². The van der Waals surface area contributed by atoms with Gasteiger partial charge in [-0.05, 0) is 46.2 Å². The Morgan fingerprint density at radius 2 is 2.18 bits per heavy atom. The number of hydrogen-bond acceptors (Lipinski definition) is 4. The van der Waals surface area contributed by atoms with Crippen LogP contribution < -0.4 is 10.1 Å². The zero-order chi connectivity index (χ0) is 16.2. The van der Waals surface area contributed by atoms with E-state index in [4.69, 9.17) is 9.47 Å². The number of nitrogens with zero attached hydrogens (tertiary/aromatic N) is 1. The minimum atomic E-state index is -0.450. The van der Waals surface area contributed by atoms with Crippen LogP contribution in [0, 0.1) is 0 Å². The lowest BCUT2D eigenvalue weighted by Gasteiger charge is -2.24. The zero-order valence-electron chi connectivity index (χ0n) is 13.9. The quantitative estimate of drug-likeness (QED) is 0.925. The normalized spacial score (nSPS) is 18.2. The van der Waals surface area contributed by atoms with E-state index in [2.05, 4.69) is 5.32 Å². The van der Waals surface area contributed by atoms with E-state index in [9.17, 15) is 4.79 Å². The molecule has 0 spiro atoms. The summed E-state index contributed by atoms with van der Waals surface area (Å²) in [5.74, 6) is 0.856. The van der Waals surface area contributed by atoms with Crippen LogP contribution in [0.25, 0.3) is 0 Å². The highest BCUT2D eigenvalue weighted by atomic mass is 16.6. The van der Waals surface area contributed by atoms with Crippen LogP contribution in [0.15, 0.2) is 24.3 Å². The van der Waals surface area contributed by atoms with Gasteiger partial charge in [0.25, 0.3) is 0 Å². The monoisotopic (exact) mass is 306 g/mol. The highest BCUT2D eigenvalue weighted by Crippen LogP contribution is 2.21. The average Bonchev–Trinajstić information content (AvgIpc) is 2.86. The van der Waals surface area contributed by atoms with Crippen molar-refractivity contribution in [2.24, 2.45) is 0 Å². The van der Waals surface area contributed by atoms with E-state index < -0.39 is 5.60 Å². The molecule has 22 heavy (non-hydrogen) atoms. The van der Waals surface area contributed by atoms with Crippen molar-refractivity contribution in [3.05, 3.63) is 24.3 Å². The van der Waals surface area contributed by atoms with Gasteiger partial charge in [-0.3, -0.25) is 0 Å². The molecule has 1 aromatic rings. The van der Waals surface area contributed by atoms with Crippen molar-refractivity contribution in [1.29, 1.82) is 0 Å². The van der Waals surface area contributed by atoms with Gasteiger partial charge in [0, 0.05) is 30.9 Å². The van der Waals surface area contributed by atoms with Gasteiger partial charge in [-0.2, -0.15) is 0 Å². The Labute approximate surface area is 132 Å². The van der Waals surface area contributed by atoms with Crippen molar-refractivity contribution in [1.82, 2.24) is 4.90 Å². The Bertz CT molecular complexity index is 511. The van der Waals surface area contributed by atoms with Crippen molar-refractivity contribution in [3.63, 3.8) is 0 Å². The highest BCUT2D eigenvalue weighted by Gasteiger charge is 2.29. The maximum Gasteiger partial charge on any atom is 0.410 e. The summed E-state index contributed by atoms with van der Waals surface area (Å²) in [7, 11) is 0. The topological polar surface area (TPSA) is 50.8 Å². The molecule has 1 heterocycles. The van der Waals surface area contributed by atoms with E-state index in [1.165, 1.54) is 0 Å². The van der Waals surface area contributed by atoms with Crippen LogP contribution in [0.3, 0.4) is 0 Å². The second kappa shape index (κ2) is 6.90. The third-order valence-electron chi connectivity index (χ3n) is 3.36. The number of nitrogens with one attached hydrogen (secondary N) is 1. The van der Waals surface area contributed by atoms with Crippen molar-refractivity contribution < 1.29 is 14.3 Å². The molecule has 1 atom stereocenters. The van der Waals surface area contributed by atoms with Crippen LogP contribution in [-0.4, -0.2) is 42.3 Å². The second-order valence-electron chi connectivity index (χ2n) is 6.52. The molecule has 1 N–H and O–H groups in total. The molecule has 0 aliphatic carbocycles. The molecule has 2 rings (SSSR count). The van der Waals surface area contributed by atoms with Gasteiger partial charge in [0.1, 0.15) is 11.4 Å². The molecule has 1 fully saturated rings. The molecule has 1 amide bonds. The molecule has 1 aliphatic rings. The van der Waals surface area contributed by atoms with Gasteiger partial charge >= 0.3 is 6.09 Å². The van der Waals surface area contributed by atoms with E-state index in [-0.39, 0.29) is 12.1 Å². The Morgan fingerprint density at radius 1 is 1.41 bits per heavy atom. The summed E-state index contributed by atoms with van der Waals surface area (Å²) in [6.07, 6.45) is 0.679. The third kappa shape index (κ3) is 4.83. The van der Waals surface area contributed by atoms with Gasteiger partial charge in [-0.15, -0.1) is 0 Å². The van der Waals surface area contributed by atoms with Crippen LogP contribution in [0.2, 0.25) is 0 Å². The summed E-state index contributed by atoms with van der Waals surface area (Å²) in [6, 6.07) is 8.15. The fourth-order valence-corrected chi connectivity index (χ4v) is 2.45. The summed E-state index contributed by atoms with van der Waals surface area (Å²) >= 11 is 0. The molecule has 122 valence electrons. The largest absolute Gasteiger partial charge is 0.494 e. The lowest BCUT2D eigenvalue weighted by atomic mass is 10.2. The van der Waals surface area contributed by atoms with Crippen LogP contribution in [0.4, 0.5) is 10.5 Å². The van der Waals surface area contributed by atoms with Crippen molar-refractivity contribution in [2.45, 2.75) is 45.8 Å². The first-order chi connectivity index (χ1) is 10.4. The number of ether oxygens (including phenoxy) is 2. The zero-order valence-corrected chi connectivity index (χ0v) is 13.9. The smallest absolute Gasteiger partial charge is 0.410 e. The fourth-order valence-electron chi connectivity index (χ4n) is 2.45. The molecular formula is C17H26N2O3. The van der Waals surface area contributed by atoms with Crippen LogP contribution in [0.5, 0.6) is 5.75 Å². The van der Waals surface area contributed by atoms with Crippen molar-refractivity contribution in [2.75, 3.05) is 25.0 Å². The lowest BCUT2D eigenvalue weighted by Crippen LogP contribution is -2.36. The number of hydrogen-bond donors (Lipinski definition) is 1. The van der Waals surface area contributed by atoms with E-state index in [1.807, 2.05) is 52.0 Å². The first-order valence-electron chi connectivity index (χ1n) is 7.84. The number of carbonyl (C=O) groups is 1. The molecule has 1 aliphatic heterocycles. The minimum absolute atomic E-state index is 0.236. The van der Waals surface area contributed by atoms with Crippen LogP contribution in [-0.2, 0) is 4.74 Å². The molecule has 0 bridgehead atoms. The summed E-state index contributed by atoms with van der Waals surface area (Å²) in [5, 5.41) is 3.46. The molecule has 1 unspecified atom stereocenters. The van der Waals surface area contributed by atoms with Gasteiger partial charge in [0.2, 0.25) is 0 Å². The van der Waals surface area contributed by atoms with Gasteiger partial charge in [0.15, 0.2) is 0 Å². The Kier molecular flexibility index (Phi) is 5.16. The van der Waals surface area contributed by atoms with Crippen molar-refractivity contribution in [3.8, 4) is 5.75 Å². The maximum atomic E-state index is 12.1. The number of rotatable bonds is 4. The molecule has 1 saturated heterocycles. The first-order valence-corrected chi connectivity index (χ1v) is 7.84. The van der Waals surface area contributed by atoms with Gasteiger partial charge in [0.05, 0.1) is 6.61 Å². The Morgan fingerprint density at radius 3 is 2.86 bits per heavy atom. The lowest BCUT2D eigenvalue weighted by molar-refractivity contribution is 0.0293. The second-order valence-corrected chi connectivity index (χ2v) is 6.52. The first kappa shape index (κ1) is 16.5. The molecule has 0 saturated carbocycles.